The maximum Gasteiger partial charge on any atom is 0.168 e. The zero-order valence-corrected chi connectivity index (χ0v) is 9.31. The topological polar surface area (TPSA) is 26.0 Å². The zero-order valence-electron chi connectivity index (χ0n) is 7.60. The van der Waals surface area contributed by atoms with Crippen LogP contribution in [0.4, 0.5) is 0 Å². The Morgan fingerprint density at radius 2 is 2.00 bits per heavy atom. The summed E-state index contributed by atoms with van der Waals surface area (Å²) in [6, 6.07) is 10.0. The molecule has 0 saturated carbocycles. The van der Waals surface area contributed by atoms with E-state index in [0.717, 1.165) is 16.3 Å². The molecular weight excluding hydrogens is 214 g/mol. The Hall–Kier alpha value is -0.870. The molecule has 2 nitrogen and oxygen atoms in total. The number of hydrogen-bond acceptors (Lipinski definition) is 4. The number of nitrogens with zero attached hydrogens (tertiary/aromatic N) is 1. The predicted molar refractivity (Wildman–Crippen MR) is 61.5 cm³/mol. The van der Waals surface area contributed by atoms with Gasteiger partial charge in [0.1, 0.15) is 0 Å². The molecule has 1 aromatic heterocycles. The van der Waals surface area contributed by atoms with E-state index in [9.17, 15) is 0 Å². The van der Waals surface area contributed by atoms with Crippen molar-refractivity contribution in [2.24, 2.45) is 0 Å². The first kappa shape index (κ1) is 9.68. The molecule has 0 bridgehead atoms. The lowest BCUT2D eigenvalue weighted by Crippen LogP contribution is -1.74. The summed E-state index contributed by atoms with van der Waals surface area (Å²) in [5, 5.41) is 4.63. The monoisotopic (exact) mass is 223 g/mol. The van der Waals surface area contributed by atoms with E-state index in [-0.39, 0.29) is 0 Å². The largest absolute Gasteiger partial charge is 0.355 e. The molecule has 0 amide bonds. The Kier molecular flexibility index (Phi) is 2.84. The summed E-state index contributed by atoms with van der Waals surface area (Å²) in [6.45, 7) is 2.05. The van der Waals surface area contributed by atoms with Crippen LogP contribution in [0.15, 0.2) is 39.9 Å². The van der Waals surface area contributed by atoms with Crippen molar-refractivity contribution < 1.29 is 4.52 Å². The second kappa shape index (κ2) is 4.11. The fraction of sp³-hybridized carbons (Fsp3) is 0.100. The van der Waals surface area contributed by atoms with Crippen molar-refractivity contribution in [3.63, 3.8) is 0 Å². The average Bonchev–Trinajstić information content (AvgIpc) is 2.67. The third kappa shape index (κ3) is 1.96. The van der Waals surface area contributed by atoms with Gasteiger partial charge in [0.15, 0.2) is 10.8 Å². The van der Waals surface area contributed by atoms with Gasteiger partial charge in [0, 0.05) is 11.6 Å². The highest BCUT2D eigenvalue weighted by atomic mass is 33.1. The van der Waals surface area contributed by atoms with Crippen LogP contribution in [0.5, 0.6) is 0 Å². The summed E-state index contributed by atoms with van der Waals surface area (Å²) in [4.78, 5) is 0. The lowest BCUT2D eigenvalue weighted by Gasteiger charge is -1.94. The SMILES string of the molecule is Cc1ccc(-c2cc(SS)no2)cc1. The molecule has 2 rings (SSSR count). The Bertz CT molecular complexity index is 422. The molecule has 0 unspecified atom stereocenters. The van der Waals surface area contributed by atoms with E-state index in [2.05, 4.69) is 23.7 Å². The summed E-state index contributed by atoms with van der Waals surface area (Å²) in [6.07, 6.45) is 0. The normalized spacial score (nSPS) is 10.4. The van der Waals surface area contributed by atoms with Gasteiger partial charge in [0.05, 0.1) is 0 Å². The molecule has 4 heteroatoms. The molecular formula is C10H9NOS2. The first-order chi connectivity index (χ1) is 6.79. The van der Waals surface area contributed by atoms with Gasteiger partial charge in [-0.3, -0.25) is 0 Å². The summed E-state index contributed by atoms with van der Waals surface area (Å²) >= 11 is 4.05. The molecule has 0 atom stereocenters. The standard InChI is InChI=1S/C10H9NOS2/c1-7-2-4-8(5-3-7)9-6-10(14-13)11-12-9/h2-6,13H,1H3. The quantitative estimate of drug-likeness (QED) is 0.622. The van der Waals surface area contributed by atoms with Gasteiger partial charge in [-0.2, -0.15) is 0 Å². The van der Waals surface area contributed by atoms with Crippen LogP contribution in [-0.4, -0.2) is 5.16 Å². The van der Waals surface area contributed by atoms with Crippen LogP contribution in [0.1, 0.15) is 5.56 Å². The van der Waals surface area contributed by atoms with E-state index in [1.54, 1.807) is 0 Å². The van der Waals surface area contributed by atoms with E-state index in [0.29, 0.717) is 0 Å². The van der Waals surface area contributed by atoms with Crippen LogP contribution in [0, 0.1) is 6.92 Å². The van der Waals surface area contributed by atoms with Gasteiger partial charge < -0.3 is 4.52 Å². The summed E-state index contributed by atoms with van der Waals surface area (Å²) < 4.78 is 5.16. The fourth-order valence-electron chi connectivity index (χ4n) is 1.16. The van der Waals surface area contributed by atoms with E-state index in [1.807, 2.05) is 30.3 Å². The van der Waals surface area contributed by atoms with Gasteiger partial charge in [0.2, 0.25) is 0 Å². The Morgan fingerprint density at radius 3 is 2.57 bits per heavy atom. The average molecular weight is 223 g/mol. The maximum atomic E-state index is 5.16. The molecule has 0 fully saturated rings. The van der Waals surface area contributed by atoms with Gasteiger partial charge in [-0.05, 0) is 17.7 Å². The number of thiol groups is 1. The molecule has 2 aromatic rings. The summed E-state index contributed by atoms with van der Waals surface area (Å²) in [7, 11) is 1.28. The van der Waals surface area contributed by atoms with E-state index >= 15 is 0 Å². The summed E-state index contributed by atoms with van der Waals surface area (Å²) in [5.41, 5.74) is 2.27. The number of benzene rings is 1. The van der Waals surface area contributed by atoms with Gasteiger partial charge in [-0.15, -0.1) is 11.7 Å². The highest BCUT2D eigenvalue weighted by molar-refractivity contribution is 8.68. The van der Waals surface area contributed by atoms with Crippen LogP contribution in [-0.2, 0) is 0 Å². The second-order valence-corrected chi connectivity index (χ2v) is 4.14. The lowest BCUT2D eigenvalue weighted by molar-refractivity contribution is 0.416. The lowest BCUT2D eigenvalue weighted by atomic mass is 10.1. The first-order valence-corrected chi connectivity index (χ1v) is 6.01. The Balaban J connectivity index is 2.34. The minimum atomic E-state index is 0.779. The molecule has 1 aromatic carbocycles. The summed E-state index contributed by atoms with van der Waals surface area (Å²) in [5.74, 6) is 0.779. The van der Waals surface area contributed by atoms with Crippen molar-refractivity contribution in [2.45, 2.75) is 11.9 Å². The van der Waals surface area contributed by atoms with E-state index in [4.69, 9.17) is 4.52 Å². The number of hydrogen-bond donors (Lipinski definition) is 1. The van der Waals surface area contributed by atoms with Gasteiger partial charge in [-0.1, -0.05) is 35.0 Å². The fourth-order valence-corrected chi connectivity index (χ4v) is 1.64. The van der Waals surface area contributed by atoms with Crippen LogP contribution >= 0.6 is 22.5 Å². The van der Waals surface area contributed by atoms with Crippen molar-refractivity contribution in [1.29, 1.82) is 0 Å². The highest BCUT2D eigenvalue weighted by Crippen LogP contribution is 2.26. The molecule has 14 heavy (non-hydrogen) atoms. The molecule has 0 aliphatic heterocycles. The van der Waals surface area contributed by atoms with Crippen molar-refractivity contribution in [3.05, 3.63) is 35.9 Å². The molecule has 72 valence electrons. The molecule has 0 aliphatic carbocycles. The smallest absolute Gasteiger partial charge is 0.168 e. The molecule has 0 spiro atoms. The van der Waals surface area contributed by atoms with Crippen molar-refractivity contribution in [1.82, 2.24) is 5.16 Å². The van der Waals surface area contributed by atoms with Crippen LogP contribution in [0.3, 0.4) is 0 Å². The molecule has 0 N–H and O–H groups in total. The predicted octanol–water partition coefficient (Wildman–Crippen LogP) is 3.59. The molecule has 0 radical (unpaired) electrons. The third-order valence-electron chi connectivity index (χ3n) is 1.92. The highest BCUT2D eigenvalue weighted by Gasteiger charge is 2.05. The Morgan fingerprint density at radius 1 is 1.29 bits per heavy atom. The number of aryl methyl sites for hydroxylation is 1. The van der Waals surface area contributed by atoms with Crippen LogP contribution < -0.4 is 0 Å². The van der Waals surface area contributed by atoms with Crippen molar-refractivity contribution in [3.8, 4) is 11.3 Å². The van der Waals surface area contributed by atoms with E-state index < -0.39 is 0 Å². The third-order valence-corrected chi connectivity index (χ3v) is 2.86. The van der Waals surface area contributed by atoms with Crippen LogP contribution in [0.2, 0.25) is 0 Å². The first-order valence-electron chi connectivity index (χ1n) is 4.15. The minimum Gasteiger partial charge on any atom is -0.355 e. The van der Waals surface area contributed by atoms with Crippen molar-refractivity contribution in [2.75, 3.05) is 0 Å². The molecule has 1 heterocycles. The van der Waals surface area contributed by atoms with Gasteiger partial charge in [0.25, 0.3) is 0 Å². The van der Waals surface area contributed by atoms with Crippen LogP contribution in [0.25, 0.3) is 11.3 Å². The Labute approximate surface area is 91.5 Å². The zero-order chi connectivity index (χ0) is 9.97. The van der Waals surface area contributed by atoms with Crippen molar-refractivity contribution >= 4 is 22.5 Å². The van der Waals surface area contributed by atoms with Gasteiger partial charge in [-0.25, -0.2) is 0 Å². The number of rotatable bonds is 2. The van der Waals surface area contributed by atoms with E-state index in [1.165, 1.54) is 16.4 Å². The second-order valence-electron chi connectivity index (χ2n) is 2.99. The molecule has 0 aliphatic rings. The minimum absolute atomic E-state index is 0.779. The number of aromatic nitrogens is 1. The maximum absolute atomic E-state index is 5.16. The van der Waals surface area contributed by atoms with Gasteiger partial charge >= 0.3 is 0 Å². The molecule has 0 saturated heterocycles.